The van der Waals surface area contributed by atoms with Crippen molar-refractivity contribution in [1.29, 1.82) is 0 Å². The fourth-order valence-corrected chi connectivity index (χ4v) is 6.23. The highest BCUT2D eigenvalue weighted by Crippen LogP contribution is 2.21. The van der Waals surface area contributed by atoms with Gasteiger partial charge in [-0.1, -0.05) is 60.7 Å². The van der Waals surface area contributed by atoms with E-state index in [4.69, 9.17) is 14.6 Å². The van der Waals surface area contributed by atoms with Gasteiger partial charge in [0.1, 0.15) is 11.2 Å². The van der Waals surface area contributed by atoms with Gasteiger partial charge in [0.25, 0.3) is 0 Å². The zero-order valence-corrected chi connectivity index (χ0v) is 33.6. The molecule has 0 radical (unpaired) electrons. The number of nitrogens with one attached hydrogen (secondary N) is 3. The first-order valence-corrected chi connectivity index (χ1v) is 19.5. The molecule has 304 valence electrons. The molecule has 3 aliphatic rings. The third-order valence-corrected chi connectivity index (χ3v) is 9.34. The first-order valence-electron chi connectivity index (χ1n) is 19.5. The zero-order valence-electron chi connectivity index (χ0n) is 33.6. The summed E-state index contributed by atoms with van der Waals surface area (Å²) in [4.78, 5) is 61.7. The summed E-state index contributed by atoms with van der Waals surface area (Å²) in [5.41, 5.74) is 1.26. The molecular weight excluding hydrogens is 702 g/mol. The van der Waals surface area contributed by atoms with Crippen LogP contribution in [0.2, 0.25) is 0 Å². The standard InChI is InChI=1S/C18H26N2O3.C13H18N2O.C11H19NO4/c1-18(2,3)23-17(22)20-11-9-15(10-12-20)16(21)19-13-14-7-5-4-6-8-14;16-13(12-6-8-14-9-7-12)15-10-11-4-2-1-3-5-11;1-11(2,3)16-10(15)12-6-4-8(5-7-12)9(13)14/h4-8,15H,9-13H2,1-3H3,(H,19,21);1-5,12,14H,6-10H2,(H,15,16);8H,4-7H2,1-3H3,(H,13,14). The molecule has 3 heterocycles. The van der Waals surface area contributed by atoms with Crippen LogP contribution in [0.3, 0.4) is 0 Å². The van der Waals surface area contributed by atoms with Crippen molar-refractivity contribution in [1.82, 2.24) is 25.8 Å². The lowest BCUT2D eigenvalue weighted by Crippen LogP contribution is -2.44. The molecule has 0 atom stereocenters. The number of likely N-dealkylation sites (tertiary alicyclic amines) is 2. The molecular formula is C42H63N5O8. The molecule has 2 aromatic rings. The lowest BCUT2D eigenvalue weighted by molar-refractivity contribution is -0.143. The number of piperidine rings is 3. The largest absolute Gasteiger partial charge is 0.481 e. The molecule has 0 unspecified atom stereocenters. The van der Waals surface area contributed by atoms with Gasteiger partial charge in [-0.25, -0.2) is 9.59 Å². The van der Waals surface area contributed by atoms with E-state index >= 15 is 0 Å². The van der Waals surface area contributed by atoms with Gasteiger partial charge in [0, 0.05) is 51.1 Å². The van der Waals surface area contributed by atoms with E-state index in [1.54, 1.807) is 9.80 Å². The molecule has 5 rings (SSSR count). The van der Waals surface area contributed by atoms with Crippen molar-refractivity contribution in [2.75, 3.05) is 39.3 Å². The fourth-order valence-electron chi connectivity index (χ4n) is 6.23. The van der Waals surface area contributed by atoms with Gasteiger partial charge in [0.15, 0.2) is 0 Å². The van der Waals surface area contributed by atoms with Crippen molar-refractivity contribution in [3.8, 4) is 0 Å². The Morgan fingerprint density at radius 2 is 0.945 bits per heavy atom. The van der Waals surface area contributed by atoms with Crippen molar-refractivity contribution in [3.63, 3.8) is 0 Å². The molecule has 0 aliphatic carbocycles. The number of carbonyl (C=O) groups excluding carboxylic acids is 4. The smallest absolute Gasteiger partial charge is 0.410 e. The van der Waals surface area contributed by atoms with Crippen LogP contribution >= 0.6 is 0 Å². The van der Waals surface area contributed by atoms with E-state index in [2.05, 4.69) is 16.0 Å². The minimum atomic E-state index is -0.774. The number of hydrogen-bond acceptors (Lipinski definition) is 8. The van der Waals surface area contributed by atoms with E-state index in [0.717, 1.165) is 37.1 Å². The molecule has 0 saturated carbocycles. The quantitative estimate of drug-likeness (QED) is 0.266. The lowest BCUT2D eigenvalue weighted by atomic mass is 9.96. The number of aliphatic carboxylic acids is 1. The minimum Gasteiger partial charge on any atom is -0.481 e. The van der Waals surface area contributed by atoms with Crippen molar-refractivity contribution < 1.29 is 38.6 Å². The van der Waals surface area contributed by atoms with Crippen LogP contribution in [0.15, 0.2) is 60.7 Å². The van der Waals surface area contributed by atoms with Crippen LogP contribution in [-0.2, 0) is 36.9 Å². The normalized spacial score (nSPS) is 17.0. The van der Waals surface area contributed by atoms with Gasteiger partial charge in [-0.05, 0) is 104 Å². The molecule has 4 amide bonds. The van der Waals surface area contributed by atoms with Gasteiger partial charge >= 0.3 is 18.2 Å². The molecule has 0 aromatic heterocycles. The van der Waals surface area contributed by atoms with E-state index in [1.165, 1.54) is 0 Å². The average Bonchev–Trinajstić information content (AvgIpc) is 3.16. The Hall–Kier alpha value is -4.65. The van der Waals surface area contributed by atoms with Crippen LogP contribution < -0.4 is 16.0 Å². The second kappa shape index (κ2) is 22.0. The van der Waals surface area contributed by atoms with Crippen LogP contribution in [0.25, 0.3) is 0 Å². The Morgan fingerprint density at radius 1 is 0.600 bits per heavy atom. The van der Waals surface area contributed by atoms with Crippen molar-refractivity contribution >= 4 is 30.0 Å². The number of rotatable bonds is 7. The zero-order chi connectivity index (χ0) is 40.4. The Morgan fingerprint density at radius 3 is 1.29 bits per heavy atom. The van der Waals surface area contributed by atoms with Gasteiger partial charge in [0.2, 0.25) is 11.8 Å². The number of carbonyl (C=O) groups is 5. The molecule has 13 heteroatoms. The molecule has 4 N–H and O–H groups in total. The predicted molar refractivity (Wildman–Crippen MR) is 211 cm³/mol. The molecule has 13 nitrogen and oxygen atoms in total. The predicted octanol–water partition coefficient (Wildman–Crippen LogP) is 5.97. The average molecular weight is 766 g/mol. The highest BCUT2D eigenvalue weighted by atomic mass is 16.6. The topological polar surface area (TPSA) is 167 Å². The molecule has 2 aromatic carbocycles. The van der Waals surface area contributed by atoms with Crippen LogP contribution in [-0.4, -0.2) is 95.3 Å². The Bertz CT molecular complexity index is 1490. The van der Waals surface area contributed by atoms with Crippen LogP contribution in [0.5, 0.6) is 0 Å². The third-order valence-electron chi connectivity index (χ3n) is 9.34. The lowest BCUT2D eigenvalue weighted by Gasteiger charge is -2.32. The van der Waals surface area contributed by atoms with E-state index < -0.39 is 17.2 Å². The maximum Gasteiger partial charge on any atom is 0.410 e. The summed E-state index contributed by atoms with van der Waals surface area (Å²) in [7, 11) is 0. The summed E-state index contributed by atoms with van der Waals surface area (Å²) in [5, 5.41) is 18.1. The molecule has 0 bridgehead atoms. The third kappa shape index (κ3) is 17.6. The van der Waals surface area contributed by atoms with Crippen LogP contribution in [0.1, 0.15) is 91.2 Å². The summed E-state index contributed by atoms with van der Waals surface area (Å²) >= 11 is 0. The summed E-state index contributed by atoms with van der Waals surface area (Å²) < 4.78 is 10.6. The van der Waals surface area contributed by atoms with Gasteiger partial charge < -0.3 is 40.3 Å². The van der Waals surface area contributed by atoms with Gasteiger partial charge in [0.05, 0.1) is 5.92 Å². The van der Waals surface area contributed by atoms with E-state index in [0.29, 0.717) is 65.0 Å². The number of hydrogen-bond donors (Lipinski definition) is 4. The van der Waals surface area contributed by atoms with E-state index in [1.807, 2.05) is 102 Å². The Kier molecular flexibility index (Phi) is 17.9. The number of carboxylic acid groups (broad SMARTS) is 1. The molecule has 0 spiro atoms. The summed E-state index contributed by atoms with van der Waals surface area (Å²) in [5.74, 6) is -0.659. The number of amides is 4. The first kappa shape index (κ1) is 44.7. The number of ether oxygens (including phenoxy) is 2. The molecule has 3 aliphatic heterocycles. The second-order valence-electron chi connectivity index (χ2n) is 16.3. The van der Waals surface area contributed by atoms with E-state index in [-0.39, 0.29) is 41.8 Å². The first-order chi connectivity index (χ1) is 26.0. The SMILES string of the molecule is CC(C)(C)OC(=O)N1CCC(C(=O)NCc2ccccc2)CC1.CC(C)(C)OC(=O)N1CCC(C(=O)O)CC1.O=C(NCc1ccccc1)C1CCNCC1. The maximum atomic E-state index is 12.2. The van der Waals surface area contributed by atoms with Crippen molar-refractivity contribution in [2.24, 2.45) is 17.8 Å². The summed E-state index contributed by atoms with van der Waals surface area (Å²) in [6, 6.07) is 19.9. The maximum absolute atomic E-state index is 12.2. The highest BCUT2D eigenvalue weighted by Gasteiger charge is 2.31. The van der Waals surface area contributed by atoms with Gasteiger partial charge in [-0.2, -0.15) is 0 Å². The monoisotopic (exact) mass is 765 g/mol. The van der Waals surface area contributed by atoms with Gasteiger partial charge in [-0.3, -0.25) is 14.4 Å². The van der Waals surface area contributed by atoms with Crippen LogP contribution in [0, 0.1) is 17.8 Å². The highest BCUT2D eigenvalue weighted by molar-refractivity contribution is 5.79. The fraction of sp³-hybridized carbons (Fsp3) is 0.595. The number of nitrogens with zero attached hydrogens (tertiary/aromatic N) is 2. The number of benzene rings is 2. The molecule has 3 saturated heterocycles. The summed E-state index contributed by atoms with van der Waals surface area (Å²) in [6.07, 6.45) is 3.65. The van der Waals surface area contributed by atoms with Crippen LogP contribution in [0.4, 0.5) is 9.59 Å². The molecule has 3 fully saturated rings. The Balaban J connectivity index is 0.000000227. The van der Waals surface area contributed by atoms with Crippen molar-refractivity contribution in [3.05, 3.63) is 71.8 Å². The summed E-state index contributed by atoms with van der Waals surface area (Å²) in [6.45, 7) is 16.2. The van der Waals surface area contributed by atoms with E-state index in [9.17, 15) is 24.0 Å². The molecule has 55 heavy (non-hydrogen) atoms. The van der Waals surface area contributed by atoms with Gasteiger partial charge in [-0.15, -0.1) is 0 Å². The van der Waals surface area contributed by atoms with Crippen molar-refractivity contribution in [2.45, 2.75) is 104 Å². The Labute approximate surface area is 326 Å². The second-order valence-corrected chi connectivity index (χ2v) is 16.3. The minimum absolute atomic E-state index is 0.0302. The number of carboxylic acids is 1.